The Labute approximate surface area is 182 Å². The van der Waals surface area contributed by atoms with Crippen LogP contribution in [0.3, 0.4) is 0 Å². The lowest BCUT2D eigenvalue weighted by Gasteiger charge is -2.33. The molecule has 0 radical (unpaired) electrons. The van der Waals surface area contributed by atoms with Crippen molar-refractivity contribution in [1.82, 2.24) is 20.2 Å². The number of aromatic amines is 1. The number of fused-ring (bicyclic) bond motifs is 1. The van der Waals surface area contributed by atoms with E-state index in [1.807, 2.05) is 24.3 Å². The number of likely N-dealkylation sites (tertiary alicyclic amines) is 1. The molecule has 2 aromatic carbocycles. The van der Waals surface area contributed by atoms with E-state index in [1.165, 1.54) is 5.56 Å². The van der Waals surface area contributed by atoms with E-state index in [4.69, 9.17) is 26.7 Å². The first-order chi connectivity index (χ1) is 14.7. The van der Waals surface area contributed by atoms with Crippen LogP contribution in [0.25, 0.3) is 11.0 Å². The number of piperidine rings is 1. The highest BCUT2D eigenvalue weighted by Gasteiger charge is 2.25. The second-order valence-electron chi connectivity index (χ2n) is 7.60. The molecule has 1 aliphatic rings. The lowest BCUT2D eigenvalue weighted by Crippen LogP contribution is -2.45. The van der Waals surface area contributed by atoms with Gasteiger partial charge in [0.15, 0.2) is 16.6 Å². The zero-order chi connectivity index (χ0) is 20.9. The molecule has 0 spiro atoms. The summed E-state index contributed by atoms with van der Waals surface area (Å²) in [4.78, 5) is 10.5. The Morgan fingerprint density at radius 1 is 1.20 bits per heavy atom. The Kier molecular flexibility index (Phi) is 6.38. The summed E-state index contributed by atoms with van der Waals surface area (Å²) in [5.74, 6) is 2.93. The number of para-hydroxylation sites is 2. The van der Waals surface area contributed by atoms with E-state index in [0.29, 0.717) is 5.92 Å². The zero-order valence-corrected chi connectivity index (χ0v) is 18.3. The zero-order valence-electron chi connectivity index (χ0n) is 17.5. The van der Waals surface area contributed by atoms with Gasteiger partial charge in [-0.25, -0.2) is 4.98 Å². The van der Waals surface area contributed by atoms with E-state index in [2.05, 4.69) is 33.4 Å². The molecule has 0 saturated carbocycles. The predicted molar refractivity (Wildman–Crippen MR) is 123 cm³/mol. The lowest BCUT2D eigenvalue weighted by atomic mass is 9.98. The summed E-state index contributed by atoms with van der Waals surface area (Å²) in [6.45, 7) is 2.65. The number of hydrogen-bond acceptors (Lipinski definition) is 4. The summed E-state index contributed by atoms with van der Waals surface area (Å²) in [5, 5.41) is 4.24. The van der Waals surface area contributed by atoms with Gasteiger partial charge in [-0.2, -0.15) is 0 Å². The van der Waals surface area contributed by atoms with E-state index < -0.39 is 0 Å². The van der Waals surface area contributed by atoms with Gasteiger partial charge in [-0.1, -0.05) is 18.2 Å². The average molecular weight is 425 g/mol. The predicted octanol–water partition coefficient (Wildman–Crippen LogP) is 3.88. The molecule has 4 rings (SSSR count). The average Bonchev–Trinajstić information content (AvgIpc) is 3.23. The third kappa shape index (κ3) is 4.51. The molecule has 158 valence electrons. The number of H-pyrrole nitrogens is 1. The van der Waals surface area contributed by atoms with Gasteiger partial charge in [-0.15, -0.1) is 0 Å². The number of imidazole rings is 1. The van der Waals surface area contributed by atoms with Crippen molar-refractivity contribution in [2.75, 3.05) is 33.9 Å². The Balaban J connectivity index is 1.32. The second-order valence-corrected chi connectivity index (χ2v) is 7.98. The molecule has 1 fully saturated rings. The van der Waals surface area contributed by atoms with Gasteiger partial charge in [0.1, 0.15) is 5.82 Å². The Hall–Kier alpha value is -2.80. The fourth-order valence-corrected chi connectivity index (χ4v) is 4.28. The molecule has 6 nitrogen and oxygen atoms in total. The van der Waals surface area contributed by atoms with Crippen molar-refractivity contribution >= 4 is 28.4 Å². The van der Waals surface area contributed by atoms with E-state index in [9.17, 15) is 0 Å². The highest BCUT2D eigenvalue weighted by atomic mass is 32.1. The van der Waals surface area contributed by atoms with Crippen LogP contribution in [0.2, 0.25) is 0 Å². The molecule has 1 aromatic heterocycles. The minimum Gasteiger partial charge on any atom is -0.493 e. The minimum absolute atomic E-state index is 0.372. The Morgan fingerprint density at radius 3 is 2.83 bits per heavy atom. The largest absolute Gasteiger partial charge is 0.493 e. The molecule has 0 amide bonds. The van der Waals surface area contributed by atoms with Crippen molar-refractivity contribution in [3.8, 4) is 11.5 Å². The third-order valence-corrected chi connectivity index (χ3v) is 6.04. The van der Waals surface area contributed by atoms with Crippen LogP contribution in [0.5, 0.6) is 11.5 Å². The van der Waals surface area contributed by atoms with Gasteiger partial charge in [0.25, 0.3) is 0 Å². The second kappa shape index (κ2) is 9.34. The smallest absolute Gasteiger partial charge is 0.168 e. The third-order valence-electron chi connectivity index (χ3n) is 5.64. The van der Waals surface area contributed by atoms with Gasteiger partial charge in [0.05, 0.1) is 25.3 Å². The van der Waals surface area contributed by atoms with E-state index in [1.54, 1.807) is 14.2 Å². The topological polar surface area (TPSA) is 62.4 Å². The van der Waals surface area contributed by atoms with Gasteiger partial charge in [-0.05, 0) is 61.3 Å². The van der Waals surface area contributed by atoms with E-state index in [-0.39, 0.29) is 0 Å². The Morgan fingerprint density at radius 2 is 2.03 bits per heavy atom. The Bertz CT molecular complexity index is 986. The molecule has 1 saturated heterocycles. The van der Waals surface area contributed by atoms with Crippen LogP contribution in [0.15, 0.2) is 42.5 Å². The fourth-order valence-electron chi connectivity index (χ4n) is 4.01. The molecule has 30 heavy (non-hydrogen) atoms. The molecule has 1 aliphatic heterocycles. The number of hydrogen-bond donors (Lipinski definition) is 2. The quantitative estimate of drug-likeness (QED) is 0.586. The van der Waals surface area contributed by atoms with Crippen molar-refractivity contribution in [2.45, 2.75) is 25.2 Å². The van der Waals surface area contributed by atoms with Gasteiger partial charge in [0, 0.05) is 25.6 Å². The number of nitrogens with zero attached hydrogens (tertiary/aromatic N) is 2. The molecule has 2 heterocycles. The van der Waals surface area contributed by atoms with Crippen LogP contribution >= 0.6 is 12.2 Å². The number of aromatic nitrogens is 2. The monoisotopic (exact) mass is 424 g/mol. The first-order valence-electron chi connectivity index (χ1n) is 10.4. The molecule has 1 atom stereocenters. The number of ether oxygens (including phenoxy) is 2. The number of rotatable bonds is 6. The van der Waals surface area contributed by atoms with Crippen LogP contribution in [0, 0.1) is 0 Å². The fraction of sp³-hybridized carbons (Fsp3) is 0.391. The minimum atomic E-state index is 0.372. The van der Waals surface area contributed by atoms with Crippen LogP contribution in [-0.2, 0) is 6.42 Å². The number of thiocarbonyl (C=S) groups is 1. The van der Waals surface area contributed by atoms with Crippen LogP contribution in [0.1, 0.15) is 30.1 Å². The highest BCUT2D eigenvalue weighted by molar-refractivity contribution is 7.80. The molecule has 3 aromatic rings. The molecule has 0 aliphatic carbocycles. The first kappa shape index (κ1) is 20.5. The summed E-state index contributed by atoms with van der Waals surface area (Å²) in [5.41, 5.74) is 3.31. The summed E-state index contributed by atoms with van der Waals surface area (Å²) in [6.07, 6.45) is 3.10. The molecule has 7 heteroatoms. The van der Waals surface area contributed by atoms with Gasteiger partial charge in [-0.3, -0.25) is 0 Å². The summed E-state index contributed by atoms with van der Waals surface area (Å²) >= 11 is 5.68. The van der Waals surface area contributed by atoms with Crippen molar-refractivity contribution in [1.29, 1.82) is 0 Å². The van der Waals surface area contributed by atoms with Gasteiger partial charge < -0.3 is 24.7 Å². The van der Waals surface area contributed by atoms with Crippen LogP contribution < -0.4 is 14.8 Å². The van der Waals surface area contributed by atoms with Crippen molar-refractivity contribution in [3.05, 3.63) is 53.9 Å². The summed E-state index contributed by atoms with van der Waals surface area (Å²) in [6, 6.07) is 14.2. The van der Waals surface area contributed by atoms with Crippen LogP contribution in [-0.4, -0.2) is 53.8 Å². The van der Waals surface area contributed by atoms with Gasteiger partial charge in [0.2, 0.25) is 0 Å². The molecule has 0 bridgehead atoms. The number of methoxy groups -OCH3 is 2. The number of benzene rings is 2. The van der Waals surface area contributed by atoms with Crippen molar-refractivity contribution in [2.24, 2.45) is 0 Å². The SMILES string of the molecule is COc1ccc(CCNC(=S)N2CCCC(c3nc4ccccc4[nH]3)C2)cc1OC. The maximum absolute atomic E-state index is 5.68. The van der Waals surface area contributed by atoms with E-state index >= 15 is 0 Å². The first-order valence-corrected chi connectivity index (χ1v) is 10.8. The molecular weight excluding hydrogens is 396 g/mol. The highest BCUT2D eigenvalue weighted by Crippen LogP contribution is 2.28. The normalized spacial score (nSPS) is 16.5. The van der Waals surface area contributed by atoms with Crippen molar-refractivity contribution in [3.63, 3.8) is 0 Å². The molecular formula is C23H28N4O2S. The number of nitrogens with one attached hydrogen (secondary N) is 2. The van der Waals surface area contributed by atoms with Gasteiger partial charge >= 0.3 is 0 Å². The summed E-state index contributed by atoms with van der Waals surface area (Å²) in [7, 11) is 3.30. The maximum Gasteiger partial charge on any atom is 0.168 e. The molecule has 1 unspecified atom stereocenters. The standard InChI is InChI=1S/C23H28N4O2S/c1-28-20-10-9-16(14-21(20)29-2)11-12-24-23(30)27-13-5-6-17(15-27)22-25-18-7-3-4-8-19(18)26-22/h3-4,7-10,14,17H,5-6,11-13,15H2,1-2H3,(H,24,30)(H,25,26). The van der Waals surface area contributed by atoms with Crippen LogP contribution in [0.4, 0.5) is 0 Å². The maximum atomic E-state index is 5.68. The van der Waals surface area contributed by atoms with E-state index in [0.717, 1.165) is 72.4 Å². The summed E-state index contributed by atoms with van der Waals surface area (Å²) < 4.78 is 10.7. The lowest BCUT2D eigenvalue weighted by molar-refractivity contribution is 0.300. The molecule has 2 N–H and O–H groups in total. The van der Waals surface area contributed by atoms with Crippen molar-refractivity contribution < 1.29 is 9.47 Å².